The molecule has 0 bridgehead atoms. The smallest absolute Gasteiger partial charge is 0.306 e. The van der Waals surface area contributed by atoms with Crippen LogP contribution in [0, 0.1) is 0 Å². The van der Waals surface area contributed by atoms with Crippen LogP contribution < -0.4 is 0 Å². The van der Waals surface area contributed by atoms with Crippen molar-refractivity contribution in [2.75, 3.05) is 13.2 Å². The number of allylic oxidation sites excluding steroid dienone is 20. The number of carbonyl (C=O) groups is 3. The molecule has 0 aliphatic rings. The van der Waals surface area contributed by atoms with Gasteiger partial charge in [0.25, 0.3) is 0 Å². The van der Waals surface area contributed by atoms with Crippen LogP contribution in [0.4, 0.5) is 0 Å². The van der Waals surface area contributed by atoms with Crippen LogP contribution in [0.2, 0.25) is 0 Å². The first-order valence-corrected chi connectivity index (χ1v) is 24.0. The van der Waals surface area contributed by atoms with Crippen LogP contribution in [0.25, 0.3) is 0 Å². The summed E-state index contributed by atoms with van der Waals surface area (Å²) in [7, 11) is 0. The highest BCUT2D eigenvalue weighted by Crippen LogP contribution is 2.11. The lowest BCUT2D eigenvalue weighted by Crippen LogP contribution is -2.30. The van der Waals surface area contributed by atoms with E-state index in [1.54, 1.807) is 0 Å². The monoisotopic (exact) mass is 843 g/mol. The minimum absolute atomic E-state index is 0.122. The van der Waals surface area contributed by atoms with Crippen molar-refractivity contribution in [3.63, 3.8) is 0 Å². The number of rotatable bonds is 41. The van der Waals surface area contributed by atoms with Gasteiger partial charge in [-0.3, -0.25) is 14.4 Å². The van der Waals surface area contributed by atoms with E-state index in [0.717, 1.165) is 109 Å². The molecule has 342 valence electrons. The van der Waals surface area contributed by atoms with Gasteiger partial charge in [-0.25, -0.2) is 0 Å². The normalized spacial score (nSPS) is 13.2. The zero-order chi connectivity index (χ0) is 44.4. The average Bonchev–Trinajstić information content (AvgIpc) is 3.26. The Morgan fingerprint density at radius 1 is 0.344 bits per heavy atom. The summed E-state index contributed by atoms with van der Waals surface area (Å²) in [6.07, 6.45) is 66.2. The highest BCUT2D eigenvalue weighted by Gasteiger charge is 2.19. The number of esters is 3. The number of unbranched alkanes of at least 4 members (excludes halogenated alkanes) is 10. The minimum atomic E-state index is -0.830. The summed E-state index contributed by atoms with van der Waals surface area (Å²) in [4.78, 5) is 37.8. The average molecular weight is 843 g/mol. The van der Waals surface area contributed by atoms with Crippen LogP contribution in [0.3, 0.4) is 0 Å². The van der Waals surface area contributed by atoms with E-state index in [2.05, 4.69) is 130 Å². The number of hydrogen-bond acceptors (Lipinski definition) is 6. The fourth-order valence-corrected chi connectivity index (χ4v) is 5.87. The SMILES string of the molecule is CC/C=C\C/C=C\C/C=C\C/C=C\C/C=C\CCC(=O)OCC(COC(=O)CCCCCCC/C=C\CCCC)OC(=O)CCCCC/C=C\C/C=C\C/C=C\C/C=C\CC. The molecular formula is C55H86O6. The maximum absolute atomic E-state index is 12.8. The summed E-state index contributed by atoms with van der Waals surface area (Å²) in [6.45, 7) is 6.24. The van der Waals surface area contributed by atoms with Crippen molar-refractivity contribution in [2.24, 2.45) is 0 Å². The molecule has 0 saturated carbocycles. The van der Waals surface area contributed by atoms with Crippen molar-refractivity contribution >= 4 is 17.9 Å². The Hall–Kier alpha value is -4.19. The lowest BCUT2D eigenvalue weighted by molar-refractivity contribution is -0.166. The molecule has 0 spiro atoms. The van der Waals surface area contributed by atoms with E-state index in [1.165, 1.54) is 25.7 Å². The van der Waals surface area contributed by atoms with Crippen LogP contribution in [0.1, 0.15) is 188 Å². The molecular weight excluding hydrogens is 757 g/mol. The summed E-state index contributed by atoms with van der Waals surface area (Å²) in [5.41, 5.74) is 0. The molecule has 0 amide bonds. The molecule has 1 unspecified atom stereocenters. The Morgan fingerprint density at radius 2 is 0.672 bits per heavy atom. The van der Waals surface area contributed by atoms with Gasteiger partial charge in [0.2, 0.25) is 0 Å². The van der Waals surface area contributed by atoms with E-state index in [1.807, 2.05) is 12.2 Å². The molecule has 1 atom stereocenters. The molecule has 0 aromatic carbocycles. The molecule has 6 heteroatoms. The topological polar surface area (TPSA) is 78.9 Å². The third-order valence-corrected chi connectivity index (χ3v) is 9.44. The molecule has 6 nitrogen and oxygen atoms in total. The highest BCUT2D eigenvalue weighted by atomic mass is 16.6. The first-order valence-electron chi connectivity index (χ1n) is 24.0. The molecule has 0 aromatic rings. The second-order valence-corrected chi connectivity index (χ2v) is 15.2. The van der Waals surface area contributed by atoms with Gasteiger partial charge in [0, 0.05) is 19.3 Å². The maximum atomic E-state index is 12.8. The molecule has 0 aliphatic carbocycles. The van der Waals surface area contributed by atoms with Gasteiger partial charge in [0.05, 0.1) is 0 Å². The fourth-order valence-electron chi connectivity index (χ4n) is 5.87. The van der Waals surface area contributed by atoms with Gasteiger partial charge >= 0.3 is 17.9 Å². The minimum Gasteiger partial charge on any atom is -0.462 e. The third-order valence-electron chi connectivity index (χ3n) is 9.44. The van der Waals surface area contributed by atoms with E-state index < -0.39 is 6.10 Å². The van der Waals surface area contributed by atoms with Crippen molar-refractivity contribution in [2.45, 2.75) is 194 Å². The highest BCUT2D eigenvalue weighted by molar-refractivity contribution is 5.71. The predicted octanol–water partition coefficient (Wildman–Crippen LogP) is 15.7. The van der Waals surface area contributed by atoms with Crippen LogP contribution in [-0.4, -0.2) is 37.2 Å². The van der Waals surface area contributed by atoms with Gasteiger partial charge in [0.1, 0.15) is 13.2 Å². The summed E-state index contributed by atoms with van der Waals surface area (Å²) in [6, 6.07) is 0. The predicted molar refractivity (Wildman–Crippen MR) is 260 cm³/mol. The molecule has 0 N–H and O–H groups in total. The number of ether oxygens (including phenoxy) is 3. The number of hydrogen-bond donors (Lipinski definition) is 0. The molecule has 0 aromatic heterocycles. The van der Waals surface area contributed by atoms with Crippen molar-refractivity contribution in [1.82, 2.24) is 0 Å². The van der Waals surface area contributed by atoms with E-state index >= 15 is 0 Å². The van der Waals surface area contributed by atoms with Gasteiger partial charge < -0.3 is 14.2 Å². The van der Waals surface area contributed by atoms with E-state index in [4.69, 9.17) is 14.2 Å². The molecule has 0 radical (unpaired) electrons. The summed E-state index contributed by atoms with van der Waals surface area (Å²) in [5.74, 6) is -1.06. The van der Waals surface area contributed by atoms with Gasteiger partial charge in [-0.1, -0.05) is 181 Å². The van der Waals surface area contributed by atoms with Crippen molar-refractivity contribution in [1.29, 1.82) is 0 Å². The maximum Gasteiger partial charge on any atom is 0.306 e. The largest absolute Gasteiger partial charge is 0.462 e. The Balaban J connectivity index is 4.59. The molecule has 0 rings (SSSR count). The van der Waals surface area contributed by atoms with Gasteiger partial charge in [-0.05, 0) is 109 Å². The zero-order valence-electron chi connectivity index (χ0n) is 38.9. The zero-order valence-corrected chi connectivity index (χ0v) is 38.9. The molecule has 0 fully saturated rings. The van der Waals surface area contributed by atoms with Gasteiger partial charge in [0.15, 0.2) is 6.10 Å². The molecule has 0 saturated heterocycles. The Kier molecular flexibility index (Phi) is 45.1. The van der Waals surface area contributed by atoms with Gasteiger partial charge in [-0.2, -0.15) is 0 Å². The fraction of sp³-hybridized carbons (Fsp3) is 0.582. The Labute approximate surface area is 373 Å². The molecule has 0 heterocycles. The van der Waals surface area contributed by atoms with Crippen molar-refractivity contribution < 1.29 is 28.6 Å². The van der Waals surface area contributed by atoms with Crippen LogP contribution in [-0.2, 0) is 28.6 Å². The molecule has 0 aliphatic heterocycles. The Morgan fingerprint density at radius 3 is 1.13 bits per heavy atom. The van der Waals surface area contributed by atoms with Gasteiger partial charge in [-0.15, -0.1) is 0 Å². The standard InChI is InChI=1S/C55H86O6/c1-4-7-10-13-16-19-22-24-26-28-30-33-36-39-42-45-48-54(57)60-51-52(50-59-53(56)47-44-41-38-35-32-21-18-15-12-9-6-3)61-55(58)49-46-43-40-37-34-31-29-27-25-23-20-17-14-11-8-5-2/h7-8,10-11,15-20,24-27,30-31,33-34,39,42,52H,4-6,9,12-14,21-23,28-29,32,35-38,40-41,43-51H2,1-3H3/b10-7-,11-8-,18-15-,19-16-,20-17-,26-24-,27-25-,33-30-,34-31-,42-39-. The second kappa shape index (κ2) is 48.5. The van der Waals surface area contributed by atoms with Crippen LogP contribution in [0.5, 0.6) is 0 Å². The van der Waals surface area contributed by atoms with E-state index in [0.29, 0.717) is 19.3 Å². The molecule has 61 heavy (non-hydrogen) atoms. The summed E-state index contributed by atoms with van der Waals surface area (Å²) < 4.78 is 16.6. The van der Waals surface area contributed by atoms with Crippen molar-refractivity contribution in [3.8, 4) is 0 Å². The summed E-state index contributed by atoms with van der Waals surface area (Å²) in [5, 5.41) is 0. The lowest BCUT2D eigenvalue weighted by Gasteiger charge is -2.18. The summed E-state index contributed by atoms with van der Waals surface area (Å²) >= 11 is 0. The number of carbonyl (C=O) groups excluding carboxylic acids is 3. The van der Waals surface area contributed by atoms with E-state index in [9.17, 15) is 14.4 Å². The lowest BCUT2D eigenvalue weighted by atomic mass is 10.1. The quantitative estimate of drug-likeness (QED) is 0.0264. The van der Waals surface area contributed by atoms with Crippen LogP contribution >= 0.6 is 0 Å². The second-order valence-electron chi connectivity index (χ2n) is 15.2. The van der Waals surface area contributed by atoms with Crippen molar-refractivity contribution in [3.05, 3.63) is 122 Å². The Bertz CT molecular complexity index is 1340. The first-order chi connectivity index (χ1) is 30.0. The van der Waals surface area contributed by atoms with E-state index in [-0.39, 0.29) is 44.0 Å². The first kappa shape index (κ1) is 56.8. The van der Waals surface area contributed by atoms with Crippen LogP contribution in [0.15, 0.2) is 122 Å². The third kappa shape index (κ3) is 46.7.